The van der Waals surface area contributed by atoms with Crippen molar-refractivity contribution in [3.63, 3.8) is 0 Å². The van der Waals surface area contributed by atoms with Crippen LogP contribution in [0.15, 0.2) is 30.9 Å². The Morgan fingerprint density at radius 2 is 2.15 bits per heavy atom. The van der Waals surface area contributed by atoms with Crippen molar-refractivity contribution in [2.24, 2.45) is 0 Å². The number of aryl methyl sites for hydroxylation is 1. The van der Waals surface area contributed by atoms with E-state index in [0.29, 0.717) is 24.6 Å². The Labute approximate surface area is 153 Å². The zero-order valence-electron chi connectivity index (χ0n) is 15.3. The largest absolute Gasteiger partial charge is 0.379 e. The molecule has 2 aromatic rings. The van der Waals surface area contributed by atoms with E-state index >= 15 is 0 Å². The zero-order chi connectivity index (χ0) is 18.5. The second kappa shape index (κ2) is 8.09. The van der Waals surface area contributed by atoms with Gasteiger partial charge in [0.25, 0.3) is 5.91 Å². The van der Waals surface area contributed by atoms with Gasteiger partial charge in [0.05, 0.1) is 18.7 Å². The molecule has 0 saturated carbocycles. The number of ether oxygens (including phenoxy) is 1. The van der Waals surface area contributed by atoms with Gasteiger partial charge in [-0.2, -0.15) is 0 Å². The summed E-state index contributed by atoms with van der Waals surface area (Å²) in [6.45, 7) is 3.00. The van der Waals surface area contributed by atoms with Gasteiger partial charge in [-0.05, 0) is 25.0 Å². The molecule has 0 aromatic carbocycles. The average molecular weight is 356 g/mol. The van der Waals surface area contributed by atoms with E-state index in [9.17, 15) is 4.79 Å². The summed E-state index contributed by atoms with van der Waals surface area (Å²) in [5, 5.41) is 6.49. The number of pyridine rings is 1. The zero-order valence-corrected chi connectivity index (χ0v) is 15.3. The van der Waals surface area contributed by atoms with E-state index in [1.165, 1.54) is 6.33 Å². The predicted octanol–water partition coefficient (Wildman–Crippen LogP) is 1.25. The standard InChI is InChI=1S/C18H24N6O2/c1-12-9-19-6-4-13(12)18(25)23-14-5-7-26-10-15(14)22-16-8-17(24(2)3)21-11-20-16/h4,6,8-9,11,14-15H,5,7,10H2,1-3H3,(H,23,25)(H,20,21,22)/t14-,15+/m0/s1. The van der Waals surface area contributed by atoms with Gasteiger partial charge in [0, 0.05) is 44.7 Å². The highest BCUT2D eigenvalue weighted by Crippen LogP contribution is 2.17. The van der Waals surface area contributed by atoms with Gasteiger partial charge in [-0.1, -0.05) is 0 Å². The van der Waals surface area contributed by atoms with Crippen LogP contribution in [-0.2, 0) is 4.74 Å². The van der Waals surface area contributed by atoms with Gasteiger partial charge in [0.1, 0.15) is 18.0 Å². The van der Waals surface area contributed by atoms with Gasteiger partial charge < -0.3 is 20.3 Å². The molecule has 3 heterocycles. The van der Waals surface area contributed by atoms with Crippen LogP contribution in [0.5, 0.6) is 0 Å². The fourth-order valence-corrected chi connectivity index (χ4v) is 2.89. The van der Waals surface area contributed by atoms with Crippen molar-refractivity contribution >= 4 is 17.5 Å². The molecule has 1 aliphatic heterocycles. The Hall–Kier alpha value is -2.74. The van der Waals surface area contributed by atoms with Crippen molar-refractivity contribution in [1.82, 2.24) is 20.3 Å². The molecule has 2 aromatic heterocycles. The maximum atomic E-state index is 12.6. The van der Waals surface area contributed by atoms with Crippen LogP contribution in [0, 0.1) is 6.92 Å². The second-order valence-electron chi connectivity index (χ2n) is 6.54. The Morgan fingerprint density at radius 3 is 2.92 bits per heavy atom. The number of aromatic nitrogens is 3. The number of carbonyl (C=O) groups is 1. The third kappa shape index (κ3) is 4.26. The normalized spacial score (nSPS) is 19.7. The molecule has 1 saturated heterocycles. The lowest BCUT2D eigenvalue weighted by molar-refractivity contribution is 0.0619. The van der Waals surface area contributed by atoms with Crippen LogP contribution >= 0.6 is 0 Å². The van der Waals surface area contributed by atoms with E-state index in [1.54, 1.807) is 18.5 Å². The van der Waals surface area contributed by atoms with Crippen LogP contribution in [0.1, 0.15) is 22.3 Å². The van der Waals surface area contributed by atoms with E-state index in [1.807, 2.05) is 32.0 Å². The lowest BCUT2D eigenvalue weighted by Gasteiger charge is -2.33. The number of hydrogen-bond acceptors (Lipinski definition) is 7. The third-order valence-electron chi connectivity index (χ3n) is 4.38. The van der Waals surface area contributed by atoms with Crippen molar-refractivity contribution < 1.29 is 9.53 Å². The molecule has 1 amide bonds. The lowest BCUT2D eigenvalue weighted by atomic mass is 10.0. The van der Waals surface area contributed by atoms with Crippen LogP contribution in [0.4, 0.5) is 11.6 Å². The van der Waals surface area contributed by atoms with Crippen LogP contribution in [0.2, 0.25) is 0 Å². The number of amides is 1. The molecule has 0 spiro atoms. The van der Waals surface area contributed by atoms with Crippen molar-refractivity contribution in [1.29, 1.82) is 0 Å². The van der Waals surface area contributed by atoms with E-state index < -0.39 is 0 Å². The average Bonchev–Trinajstić information content (AvgIpc) is 2.64. The van der Waals surface area contributed by atoms with Gasteiger partial charge in [0.2, 0.25) is 0 Å². The molecule has 0 radical (unpaired) electrons. The number of nitrogens with one attached hydrogen (secondary N) is 2. The smallest absolute Gasteiger partial charge is 0.251 e. The van der Waals surface area contributed by atoms with Crippen LogP contribution in [0.25, 0.3) is 0 Å². The van der Waals surface area contributed by atoms with Gasteiger partial charge in [0.15, 0.2) is 0 Å². The number of anilines is 2. The Kier molecular flexibility index (Phi) is 5.62. The Balaban J connectivity index is 1.71. The number of rotatable bonds is 5. The molecular weight excluding hydrogens is 332 g/mol. The Bertz CT molecular complexity index is 767. The van der Waals surface area contributed by atoms with Crippen molar-refractivity contribution in [3.05, 3.63) is 42.0 Å². The molecule has 138 valence electrons. The molecule has 26 heavy (non-hydrogen) atoms. The number of carbonyl (C=O) groups excluding carboxylic acids is 1. The van der Waals surface area contributed by atoms with E-state index in [-0.39, 0.29) is 18.0 Å². The highest BCUT2D eigenvalue weighted by Gasteiger charge is 2.28. The quantitative estimate of drug-likeness (QED) is 0.833. The molecular formula is C18H24N6O2. The summed E-state index contributed by atoms with van der Waals surface area (Å²) in [7, 11) is 3.85. The lowest BCUT2D eigenvalue weighted by Crippen LogP contribution is -2.52. The minimum absolute atomic E-state index is 0.0541. The maximum Gasteiger partial charge on any atom is 0.251 e. The molecule has 2 atom stereocenters. The predicted molar refractivity (Wildman–Crippen MR) is 99.4 cm³/mol. The molecule has 1 aliphatic rings. The first-order valence-electron chi connectivity index (χ1n) is 8.59. The topological polar surface area (TPSA) is 92.3 Å². The highest BCUT2D eigenvalue weighted by molar-refractivity contribution is 5.95. The minimum atomic E-state index is -0.0970. The summed E-state index contributed by atoms with van der Waals surface area (Å²) in [4.78, 5) is 27.1. The summed E-state index contributed by atoms with van der Waals surface area (Å²) < 4.78 is 5.60. The SMILES string of the molecule is Cc1cnccc1C(=O)N[C@H]1CCOC[C@H]1Nc1cc(N(C)C)ncn1. The first-order valence-corrected chi connectivity index (χ1v) is 8.59. The summed E-state index contributed by atoms with van der Waals surface area (Å²) in [6, 6.07) is 3.49. The highest BCUT2D eigenvalue weighted by atomic mass is 16.5. The van der Waals surface area contributed by atoms with E-state index in [0.717, 1.165) is 17.8 Å². The third-order valence-corrected chi connectivity index (χ3v) is 4.38. The molecule has 1 fully saturated rings. The van der Waals surface area contributed by atoms with Gasteiger partial charge in [-0.3, -0.25) is 9.78 Å². The monoisotopic (exact) mass is 356 g/mol. The molecule has 8 nitrogen and oxygen atoms in total. The van der Waals surface area contributed by atoms with Crippen LogP contribution < -0.4 is 15.5 Å². The molecule has 0 aliphatic carbocycles. The van der Waals surface area contributed by atoms with Gasteiger partial charge >= 0.3 is 0 Å². The van der Waals surface area contributed by atoms with E-state index in [2.05, 4.69) is 25.6 Å². The minimum Gasteiger partial charge on any atom is -0.379 e. The number of nitrogens with zero attached hydrogens (tertiary/aromatic N) is 4. The van der Waals surface area contributed by atoms with Crippen LogP contribution in [0.3, 0.4) is 0 Å². The fourth-order valence-electron chi connectivity index (χ4n) is 2.89. The Morgan fingerprint density at radius 1 is 1.31 bits per heavy atom. The molecule has 8 heteroatoms. The summed E-state index contributed by atoms with van der Waals surface area (Å²) in [5.41, 5.74) is 1.50. The van der Waals surface area contributed by atoms with Crippen LogP contribution in [-0.4, -0.2) is 60.3 Å². The number of hydrogen-bond donors (Lipinski definition) is 2. The summed E-state index contributed by atoms with van der Waals surface area (Å²) in [6.07, 6.45) is 5.58. The summed E-state index contributed by atoms with van der Waals surface area (Å²) >= 11 is 0. The summed E-state index contributed by atoms with van der Waals surface area (Å²) in [5.74, 6) is 1.42. The fraction of sp³-hybridized carbons (Fsp3) is 0.444. The molecule has 0 unspecified atom stereocenters. The van der Waals surface area contributed by atoms with Crippen molar-refractivity contribution in [2.45, 2.75) is 25.4 Å². The first kappa shape index (κ1) is 18.1. The first-order chi connectivity index (χ1) is 12.5. The second-order valence-corrected chi connectivity index (χ2v) is 6.54. The maximum absolute atomic E-state index is 12.6. The van der Waals surface area contributed by atoms with Crippen molar-refractivity contribution in [2.75, 3.05) is 37.5 Å². The van der Waals surface area contributed by atoms with E-state index in [4.69, 9.17) is 4.74 Å². The molecule has 2 N–H and O–H groups in total. The van der Waals surface area contributed by atoms with Gasteiger partial charge in [-0.15, -0.1) is 0 Å². The van der Waals surface area contributed by atoms with Crippen molar-refractivity contribution in [3.8, 4) is 0 Å². The molecule has 3 rings (SSSR count). The van der Waals surface area contributed by atoms with Gasteiger partial charge in [-0.25, -0.2) is 9.97 Å². The molecule has 0 bridgehead atoms.